The van der Waals surface area contributed by atoms with Crippen molar-refractivity contribution >= 4 is 5.91 Å². The quantitative estimate of drug-likeness (QED) is 0.532. The Morgan fingerprint density at radius 1 is 1.57 bits per heavy atom. The number of carbonyl (C=O) groups is 1. The van der Waals surface area contributed by atoms with Gasteiger partial charge >= 0.3 is 0 Å². The van der Waals surface area contributed by atoms with Crippen LogP contribution in [0.5, 0.6) is 0 Å². The van der Waals surface area contributed by atoms with E-state index in [1.807, 2.05) is 7.05 Å². The van der Waals surface area contributed by atoms with Crippen molar-refractivity contribution in [2.75, 3.05) is 40.4 Å². The molecule has 0 aliphatic rings. The van der Waals surface area contributed by atoms with Gasteiger partial charge in [0.2, 0.25) is 5.91 Å². The second-order valence-electron chi connectivity index (χ2n) is 3.37. The molecule has 0 bridgehead atoms. The van der Waals surface area contributed by atoms with Crippen LogP contribution in [0.4, 0.5) is 0 Å². The van der Waals surface area contributed by atoms with Crippen molar-refractivity contribution in [2.24, 2.45) is 5.73 Å². The highest BCUT2D eigenvalue weighted by Crippen LogP contribution is 1.83. The molecule has 1 atom stereocenters. The van der Waals surface area contributed by atoms with Crippen LogP contribution in [0.3, 0.4) is 0 Å². The summed E-state index contributed by atoms with van der Waals surface area (Å²) in [5.41, 5.74) is 5.10. The van der Waals surface area contributed by atoms with Gasteiger partial charge in [-0.2, -0.15) is 0 Å². The molecule has 5 nitrogen and oxygen atoms in total. The number of nitrogens with one attached hydrogen (secondary N) is 1. The van der Waals surface area contributed by atoms with E-state index < -0.39 is 0 Å². The predicted octanol–water partition coefficient (Wildman–Crippen LogP) is -0.972. The van der Waals surface area contributed by atoms with Gasteiger partial charge in [-0.3, -0.25) is 4.79 Å². The van der Waals surface area contributed by atoms with Gasteiger partial charge in [0.15, 0.2) is 0 Å². The monoisotopic (exact) mass is 203 g/mol. The van der Waals surface area contributed by atoms with Crippen LogP contribution >= 0.6 is 0 Å². The first-order chi connectivity index (χ1) is 6.57. The number of carbonyl (C=O) groups excluding carboxylic acids is 1. The fraction of sp³-hybridized carbons (Fsp3) is 0.889. The van der Waals surface area contributed by atoms with Crippen LogP contribution < -0.4 is 11.1 Å². The van der Waals surface area contributed by atoms with E-state index >= 15 is 0 Å². The van der Waals surface area contributed by atoms with E-state index in [2.05, 4.69) is 10.2 Å². The molecule has 0 aromatic heterocycles. The molecular weight excluding hydrogens is 182 g/mol. The molecule has 84 valence electrons. The van der Waals surface area contributed by atoms with E-state index in [0.29, 0.717) is 0 Å². The van der Waals surface area contributed by atoms with Crippen molar-refractivity contribution in [3.05, 3.63) is 0 Å². The highest BCUT2D eigenvalue weighted by atomic mass is 16.5. The van der Waals surface area contributed by atoms with E-state index in [9.17, 15) is 4.79 Å². The number of hydrogen-bond acceptors (Lipinski definition) is 4. The lowest BCUT2D eigenvalue weighted by atomic mass is 10.3. The minimum atomic E-state index is -0.315. The third-order valence-electron chi connectivity index (χ3n) is 2.05. The van der Waals surface area contributed by atoms with Crippen molar-refractivity contribution in [2.45, 2.75) is 13.0 Å². The summed E-state index contributed by atoms with van der Waals surface area (Å²) in [6.07, 6.45) is 0. The van der Waals surface area contributed by atoms with Gasteiger partial charge in [-0.05, 0) is 14.0 Å². The molecule has 0 aliphatic heterocycles. The Balaban J connectivity index is 3.39. The fourth-order valence-corrected chi connectivity index (χ4v) is 0.931. The maximum atomic E-state index is 10.7. The van der Waals surface area contributed by atoms with Crippen LogP contribution in [0.2, 0.25) is 0 Å². The van der Waals surface area contributed by atoms with Gasteiger partial charge in [-0.15, -0.1) is 0 Å². The van der Waals surface area contributed by atoms with Gasteiger partial charge in [0.1, 0.15) is 0 Å². The van der Waals surface area contributed by atoms with Crippen molar-refractivity contribution in [3.8, 4) is 0 Å². The lowest BCUT2D eigenvalue weighted by Gasteiger charge is -2.17. The second-order valence-corrected chi connectivity index (χ2v) is 3.37. The summed E-state index contributed by atoms with van der Waals surface area (Å²) in [6, 6.07) is -0.258. The molecule has 0 saturated carbocycles. The van der Waals surface area contributed by atoms with E-state index in [0.717, 1.165) is 26.2 Å². The lowest BCUT2D eigenvalue weighted by Crippen LogP contribution is -2.42. The van der Waals surface area contributed by atoms with Crippen molar-refractivity contribution in [3.63, 3.8) is 0 Å². The van der Waals surface area contributed by atoms with E-state index in [-0.39, 0.29) is 11.9 Å². The maximum absolute atomic E-state index is 10.7. The zero-order chi connectivity index (χ0) is 11.0. The molecule has 0 radical (unpaired) electrons. The lowest BCUT2D eigenvalue weighted by molar-refractivity contribution is -0.119. The number of primary amides is 1. The number of amides is 1. The van der Waals surface area contributed by atoms with E-state index in [1.165, 1.54) is 0 Å². The van der Waals surface area contributed by atoms with Crippen LogP contribution in [0, 0.1) is 0 Å². The predicted molar refractivity (Wildman–Crippen MR) is 56.0 cm³/mol. The Morgan fingerprint density at radius 3 is 2.71 bits per heavy atom. The second kappa shape index (κ2) is 7.73. The summed E-state index contributed by atoms with van der Waals surface area (Å²) in [4.78, 5) is 12.8. The molecule has 5 heteroatoms. The molecule has 0 aromatic rings. The SMILES string of the molecule is COCCN(C)CCNC(C)C(N)=O. The molecule has 0 spiro atoms. The average molecular weight is 203 g/mol. The zero-order valence-corrected chi connectivity index (χ0v) is 9.25. The summed E-state index contributed by atoms with van der Waals surface area (Å²) in [7, 11) is 3.69. The molecule has 0 saturated heterocycles. The van der Waals surface area contributed by atoms with E-state index in [4.69, 9.17) is 10.5 Å². The molecular formula is C9H21N3O2. The van der Waals surface area contributed by atoms with Crippen LogP contribution in [0.15, 0.2) is 0 Å². The minimum Gasteiger partial charge on any atom is -0.383 e. The van der Waals surface area contributed by atoms with Crippen molar-refractivity contribution in [1.29, 1.82) is 0 Å². The molecule has 1 unspecified atom stereocenters. The van der Waals surface area contributed by atoms with Crippen LogP contribution in [-0.2, 0) is 9.53 Å². The smallest absolute Gasteiger partial charge is 0.234 e. The Hall–Kier alpha value is -0.650. The molecule has 0 fully saturated rings. The Kier molecular flexibility index (Phi) is 7.37. The average Bonchev–Trinajstić information content (AvgIpc) is 2.14. The molecule has 1 amide bonds. The number of hydrogen-bond donors (Lipinski definition) is 2. The number of rotatable bonds is 8. The first-order valence-corrected chi connectivity index (χ1v) is 4.78. The molecule has 0 aliphatic carbocycles. The van der Waals surface area contributed by atoms with Crippen LogP contribution in [0.1, 0.15) is 6.92 Å². The van der Waals surface area contributed by atoms with Crippen LogP contribution in [-0.4, -0.2) is 57.2 Å². The summed E-state index contributed by atoms with van der Waals surface area (Å²) in [6.45, 7) is 5.01. The number of ether oxygens (including phenoxy) is 1. The van der Waals surface area contributed by atoms with Crippen molar-refractivity contribution in [1.82, 2.24) is 10.2 Å². The number of nitrogens with zero attached hydrogens (tertiary/aromatic N) is 1. The third-order valence-corrected chi connectivity index (χ3v) is 2.05. The summed E-state index contributed by atoms with van der Waals surface area (Å²) in [5, 5.41) is 3.03. The van der Waals surface area contributed by atoms with Crippen LogP contribution in [0.25, 0.3) is 0 Å². The fourth-order valence-electron chi connectivity index (χ4n) is 0.931. The zero-order valence-electron chi connectivity index (χ0n) is 9.25. The minimum absolute atomic E-state index is 0.258. The maximum Gasteiger partial charge on any atom is 0.234 e. The number of nitrogens with two attached hydrogens (primary N) is 1. The third kappa shape index (κ3) is 6.82. The van der Waals surface area contributed by atoms with Crippen molar-refractivity contribution < 1.29 is 9.53 Å². The first-order valence-electron chi connectivity index (χ1n) is 4.78. The van der Waals surface area contributed by atoms with Gasteiger partial charge in [0.25, 0.3) is 0 Å². The van der Waals surface area contributed by atoms with Gasteiger partial charge in [0, 0.05) is 26.7 Å². The Labute approximate surface area is 85.6 Å². The normalized spacial score (nSPS) is 13.1. The highest BCUT2D eigenvalue weighted by Gasteiger charge is 2.06. The Bertz CT molecular complexity index is 164. The summed E-state index contributed by atoms with van der Waals surface area (Å²) in [5.74, 6) is -0.315. The standard InChI is InChI=1S/C9H21N3O2/c1-8(9(10)13)11-4-5-12(2)6-7-14-3/h8,11H,4-7H2,1-3H3,(H2,10,13). The molecule has 14 heavy (non-hydrogen) atoms. The largest absolute Gasteiger partial charge is 0.383 e. The number of likely N-dealkylation sites (N-methyl/N-ethyl adjacent to an activating group) is 1. The Morgan fingerprint density at radius 2 is 2.21 bits per heavy atom. The topological polar surface area (TPSA) is 67.6 Å². The van der Waals surface area contributed by atoms with Gasteiger partial charge < -0.3 is 20.7 Å². The number of methoxy groups -OCH3 is 1. The van der Waals surface area contributed by atoms with Gasteiger partial charge in [0.05, 0.1) is 12.6 Å². The molecule has 0 heterocycles. The molecule has 0 rings (SSSR count). The van der Waals surface area contributed by atoms with E-state index in [1.54, 1.807) is 14.0 Å². The first kappa shape index (κ1) is 13.4. The summed E-state index contributed by atoms with van der Waals surface area (Å²) >= 11 is 0. The molecule has 3 N–H and O–H groups in total. The van der Waals surface area contributed by atoms with Gasteiger partial charge in [-0.1, -0.05) is 0 Å². The molecule has 0 aromatic carbocycles. The summed E-state index contributed by atoms with van der Waals surface area (Å²) < 4.78 is 4.94. The highest BCUT2D eigenvalue weighted by molar-refractivity contribution is 5.79. The van der Waals surface area contributed by atoms with Gasteiger partial charge in [-0.25, -0.2) is 0 Å².